The molecular weight excluding hydrogens is 280 g/mol. The molecule has 0 aliphatic heterocycles. The highest BCUT2D eigenvalue weighted by Gasteiger charge is 2.01. The summed E-state index contributed by atoms with van der Waals surface area (Å²) < 4.78 is 5.34. The zero-order chi connectivity index (χ0) is 16.2. The van der Waals surface area contributed by atoms with E-state index in [9.17, 15) is 9.59 Å². The molecule has 5 nitrogen and oxygen atoms in total. The first-order chi connectivity index (χ1) is 10.7. The number of carbonyl (C=O) groups excluding carboxylic acids is 2. The predicted molar refractivity (Wildman–Crippen MR) is 87.1 cm³/mol. The molecule has 0 spiro atoms. The Morgan fingerprint density at radius 3 is 2.45 bits per heavy atom. The maximum absolute atomic E-state index is 11.6. The van der Waals surface area contributed by atoms with Crippen molar-refractivity contribution >= 4 is 17.9 Å². The van der Waals surface area contributed by atoms with Crippen molar-refractivity contribution in [2.45, 2.75) is 39.5 Å². The number of benzene rings is 1. The Morgan fingerprint density at radius 1 is 1.09 bits per heavy atom. The summed E-state index contributed by atoms with van der Waals surface area (Å²) in [4.78, 5) is 23.0. The number of hydrogen-bond donors (Lipinski definition) is 2. The molecule has 0 bridgehead atoms. The van der Waals surface area contributed by atoms with Crippen LogP contribution in [0.5, 0.6) is 5.75 Å². The molecule has 0 aliphatic carbocycles. The van der Waals surface area contributed by atoms with Crippen LogP contribution in [0, 0.1) is 0 Å². The van der Waals surface area contributed by atoms with E-state index in [1.54, 1.807) is 6.08 Å². The summed E-state index contributed by atoms with van der Waals surface area (Å²) in [6.45, 7) is 4.62. The molecule has 0 radical (unpaired) electrons. The highest BCUT2D eigenvalue weighted by molar-refractivity contribution is 5.93. The molecule has 0 aliphatic rings. The van der Waals surface area contributed by atoms with E-state index in [1.165, 1.54) is 6.08 Å². The van der Waals surface area contributed by atoms with Gasteiger partial charge in [0.25, 0.3) is 5.91 Å². The van der Waals surface area contributed by atoms with Gasteiger partial charge in [0.05, 0.1) is 6.61 Å². The van der Waals surface area contributed by atoms with E-state index in [4.69, 9.17) is 4.74 Å². The summed E-state index contributed by atoms with van der Waals surface area (Å²) in [6.07, 6.45) is 6.39. The number of nitrogens with one attached hydrogen (secondary N) is 2. The Bertz CT molecular complexity index is 495. The van der Waals surface area contributed by atoms with Crippen molar-refractivity contribution in [3.63, 3.8) is 0 Å². The van der Waals surface area contributed by atoms with Gasteiger partial charge >= 0.3 is 0 Å². The number of amides is 2. The van der Waals surface area contributed by atoms with Gasteiger partial charge in [-0.3, -0.25) is 20.4 Å². The van der Waals surface area contributed by atoms with Crippen LogP contribution in [-0.4, -0.2) is 18.4 Å². The molecule has 0 fully saturated rings. The summed E-state index contributed by atoms with van der Waals surface area (Å²) in [7, 11) is 0. The van der Waals surface area contributed by atoms with Gasteiger partial charge in [-0.1, -0.05) is 31.9 Å². The third kappa shape index (κ3) is 7.47. The fourth-order valence-electron chi connectivity index (χ4n) is 1.78. The highest BCUT2D eigenvalue weighted by Crippen LogP contribution is 2.12. The Hall–Kier alpha value is -2.30. The number of unbranched alkanes of at least 4 members (excludes halogenated alkanes) is 2. The van der Waals surface area contributed by atoms with E-state index in [-0.39, 0.29) is 11.8 Å². The maximum atomic E-state index is 11.6. The van der Waals surface area contributed by atoms with Crippen molar-refractivity contribution in [1.29, 1.82) is 0 Å². The van der Waals surface area contributed by atoms with Gasteiger partial charge in [0.1, 0.15) is 5.75 Å². The van der Waals surface area contributed by atoms with Gasteiger partial charge in [-0.05, 0) is 37.1 Å². The summed E-state index contributed by atoms with van der Waals surface area (Å²) in [5.74, 6) is 0.262. The van der Waals surface area contributed by atoms with Crippen LogP contribution in [0.2, 0.25) is 0 Å². The molecule has 0 saturated heterocycles. The third-order valence-corrected chi connectivity index (χ3v) is 2.95. The van der Waals surface area contributed by atoms with Gasteiger partial charge in [0.2, 0.25) is 5.91 Å². The molecule has 0 saturated carbocycles. The fourth-order valence-corrected chi connectivity index (χ4v) is 1.78. The molecule has 2 amide bonds. The summed E-state index contributed by atoms with van der Waals surface area (Å²) >= 11 is 0. The van der Waals surface area contributed by atoms with Crippen LogP contribution >= 0.6 is 0 Å². The van der Waals surface area contributed by atoms with Gasteiger partial charge in [-0.2, -0.15) is 0 Å². The molecular formula is C17H24N2O3. The minimum atomic E-state index is -0.363. The maximum Gasteiger partial charge on any atom is 0.262 e. The van der Waals surface area contributed by atoms with Crippen molar-refractivity contribution in [2.24, 2.45) is 0 Å². The first kappa shape index (κ1) is 17.8. The highest BCUT2D eigenvalue weighted by atomic mass is 16.5. The Balaban J connectivity index is 2.33. The standard InChI is InChI=1S/C17H24N2O3/c1-3-5-6-7-16(20)18-19-17(21)13-10-14-8-11-15(12-9-14)22-4-2/h8-13H,3-7H2,1-2H3,(H,18,20)(H,19,21)/b13-10+. The lowest BCUT2D eigenvalue weighted by Gasteiger charge is -2.05. The lowest BCUT2D eigenvalue weighted by molar-refractivity contribution is -0.126. The van der Waals surface area contributed by atoms with Gasteiger partial charge in [-0.25, -0.2) is 0 Å². The number of rotatable bonds is 8. The molecule has 1 aromatic rings. The van der Waals surface area contributed by atoms with Gasteiger partial charge in [0, 0.05) is 12.5 Å². The first-order valence-electron chi connectivity index (χ1n) is 7.65. The Kier molecular flexibility index (Phi) is 8.42. The van der Waals surface area contributed by atoms with E-state index in [1.807, 2.05) is 31.2 Å². The van der Waals surface area contributed by atoms with Gasteiger partial charge in [0.15, 0.2) is 0 Å². The zero-order valence-corrected chi connectivity index (χ0v) is 13.2. The van der Waals surface area contributed by atoms with E-state index in [0.29, 0.717) is 13.0 Å². The topological polar surface area (TPSA) is 67.4 Å². The van der Waals surface area contributed by atoms with Crippen LogP contribution in [0.25, 0.3) is 6.08 Å². The number of hydrogen-bond acceptors (Lipinski definition) is 3. The van der Waals surface area contributed by atoms with Crippen molar-refractivity contribution in [3.8, 4) is 5.75 Å². The van der Waals surface area contributed by atoms with Crippen LogP contribution in [0.15, 0.2) is 30.3 Å². The normalized spacial score (nSPS) is 10.5. The minimum Gasteiger partial charge on any atom is -0.494 e. The second-order valence-electron chi connectivity index (χ2n) is 4.83. The summed E-state index contributed by atoms with van der Waals surface area (Å²) in [5.41, 5.74) is 5.64. The van der Waals surface area contributed by atoms with Crippen LogP contribution in [-0.2, 0) is 9.59 Å². The molecule has 0 aromatic heterocycles. The minimum absolute atomic E-state index is 0.170. The lowest BCUT2D eigenvalue weighted by Crippen LogP contribution is -2.40. The molecule has 2 N–H and O–H groups in total. The quantitative estimate of drug-likeness (QED) is 0.441. The van der Waals surface area contributed by atoms with E-state index < -0.39 is 0 Å². The molecule has 0 heterocycles. The van der Waals surface area contributed by atoms with Crippen LogP contribution < -0.4 is 15.6 Å². The average Bonchev–Trinajstić information content (AvgIpc) is 2.53. The molecule has 5 heteroatoms. The zero-order valence-electron chi connectivity index (χ0n) is 13.2. The van der Waals surface area contributed by atoms with E-state index in [2.05, 4.69) is 17.8 Å². The van der Waals surface area contributed by atoms with Crippen LogP contribution in [0.4, 0.5) is 0 Å². The largest absolute Gasteiger partial charge is 0.494 e. The second kappa shape index (κ2) is 10.4. The SMILES string of the molecule is CCCCCC(=O)NNC(=O)/C=C/c1ccc(OCC)cc1. The molecule has 120 valence electrons. The molecule has 0 unspecified atom stereocenters. The summed E-state index contributed by atoms with van der Waals surface area (Å²) in [5, 5.41) is 0. The summed E-state index contributed by atoms with van der Waals surface area (Å²) in [6, 6.07) is 7.41. The number of carbonyl (C=O) groups is 2. The number of hydrazine groups is 1. The van der Waals surface area contributed by atoms with E-state index >= 15 is 0 Å². The molecule has 22 heavy (non-hydrogen) atoms. The second-order valence-corrected chi connectivity index (χ2v) is 4.83. The fraction of sp³-hybridized carbons (Fsp3) is 0.412. The predicted octanol–water partition coefficient (Wildman–Crippen LogP) is 2.83. The lowest BCUT2D eigenvalue weighted by atomic mass is 10.2. The molecule has 1 rings (SSSR count). The van der Waals surface area contributed by atoms with Crippen molar-refractivity contribution in [2.75, 3.05) is 6.61 Å². The van der Waals surface area contributed by atoms with Crippen molar-refractivity contribution < 1.29 is 14.3 Å². The third-order valence-electron chi connectivity index (χ3n) is 2.95. The van der Waals surface area contributed by atoms with Crippen molar-refractivity contribution in [3.05, 3.63) is 35.9 Å². The van der Waals surface area contributed by atoms with Crippen LogP contribution in [0.3, 0.4) is 0 Å². The first-order valence-corrected chi connectivity index (χ1v) is 7.65. The molecule has 0 atom stereocenters. The van der Waals surface area contributed by atoms with Gasteiger partial charge in [-0.15, -0.1) is 0 Å². The number of ether oxygens (including phenoxy) is 1. The monoisotopic (exact) mass is 304 g/mol. The van der Waals surface area contributed by atoms with Crippen LogP contribution in [0.1, 0.15) is 45.1 Å². The average molecular weight is 304 g/mol. The Morgan fingerprint density at radius 2 is 1.82 bits per heavy atom. The molecule has 1 aromatic carbocycles. The smallest absolute Gasteiger partial charge is 0.262 e. The van der Waals surface area contributed by atoms with Crippen molar-refractivity contribution in [1.82, 2.24) is 10.9 Å². The Labute approximate surface area is 131 Å². The van der Waals surface area contributed by atoms with E-state index in [0.717, 1.165) is 30.6 Å². The van der Waals surface area contributed by atoms with Gasteiger partial charge < -0.3 is 4.74 Å².